The fourth-order valence-electron chi connectivity index (χ4n) is 1.99. The zero-order chi connectivity index (χ0) is 15.6. The lowest BCUT2D eigenvalue weighted by molar-refractivity contribution is 0.251. The van der Waals surface area contributed by atoms with Gasteiger partial charge in [-0.05, 0) is 32.0 Å². The van der Waals surface area contributed by atoms with Crippen LogP contribution in [0, 0.1) is 19.7 Å². The van der Waals surface area contributed by atoms with E-state index in [1.165, 1.54) is 18.2 Å². The van der Waals surface area contributed by atoms with E-state index in [1.807, 2.05) is 20.9 Å². The lowest BCUT2D eigenvalue weighted by atomic mass is 10.2. The highest BCUT2D eigenvalue weighted by atomic mass is 35.5. The van der Waals surface area contributed by atoms with Crippen molar-refractivity contribution in [2.75, 3.05) is 5.32 Å². The van der Waals surface area contributed by atoms with Crippen LogP contribution in [0.4, 0.5) is 14.9 Å². The van der Waals surface area contributed by atoms with Gasteiger partial charge in [-0.2, -0.15) is 5.10 Å². The number of hydrogen-bond donors (Lipinski definition) is 2. The van der Waals surface area contributed by atoms with Crippen LogP contribution < -0.4 is 10.6 Å². The van der Waals surface area contributed by atoms with Gasteiger partial charge in [0, 0.05) is 30.5 Å². The van der Waals surface area contributed by atoms with Gasteiger partial charge in [-0.1, -0.05) is 11.6 Å². The van der Waals surface area contributed by atoms with Crippen molar-refractivity contribution in [1.82, 2.24) is 15.1 Å². The van der Waals surface area contributed by atoms with E-state index >= 15 is 0 Å². The zero-order valence-corrected chi connectivity index (χ0v) is 12.8. The third-order valence-corrected chi connectivity index (χ3v) is 3.55. The summed E-state index contributed by atoms with van der Waals surface area (Å²) >= 11 is 5.66. The SMILES string of the molecule is Cc1nn(C)c(C)c1CNC(=O)Nc1ccc(F)c(Cl)c1. The van der Waals surface area contributed by atoms with Crippen LogP contribution in [0.5, 0.6) is 0 Å². The second-order valence-corrected chi connectivity index (χ2v) is 5.12. The molecule has 0 atom stereocenters. The van der Waals surface area contributed by atoms with Crippen molar-refractivity contribution in [2.45, 2.75) is 20.4 Å². The minimum atomic E-state index is -0.524. The molecule has 2 N–H and O–H groups in total. The van der Waals surface area contributed by atoms with E-state index in [2.05, 4.69) is 15.7 Å². The molecule has 1 aromatic heterocycles. The topological polar surface area (TPSA) is 59.0 Å². The number of halogens is 2. The van der Waals surface area contributed by atoms with Crippen LogP contribution in [-0.2, 0) is 13.6 Å². The minimum absolute atomic E-state index is 0.0354. The van der Waals surface area contributed by atoms with E-state index in [9.17, 15) is 9.18 Å². The number of nitrogens with zero attached hydrogens (tertiary/aromatic N) is 2. The molecule has 0 bridgehead atoms. The normalized spacial score (nSPS) is 10.5. The standard InChI is InChI=1S/C14H16ClFN4O/c1-8-11(9(2)20(3)19-8)7-17-14(21)18-10-4-5-13(16)12(15)6-10/h4-6H,7H2,1-3H3,(H2,17,18,21). The monoisotopic (exact) mass is 310 g/mol. The van der Waals surface area contributed by atoms with Gasteiger partial charge >= 0.3 is 6.03 Å². The van der Waals surface area contributed by atoms with Gasteiger partial charge in [0.15, 0.2) is 0 Å². The number of anilines is 1. The number of aromatic nitrogens is 2. The summed E-state index contributed by atoms with van der Waals surface area (Å²) in [4.78, 5) is 11.8. The first-order chi connectivity index (χ1) is 9.88. The van der Waals surface area contributed by atoms with E-state index < -0.39 is 5.82 Å². The highest BCUT2D eigenvalue weighted by molar-refractivity contribution is 6.31. The average Bonchev–Trinajstić information content (AvgIpc) is 2.66. The molecule has 2 rings (SSSR count). The number of carbonyl (C=O) groups excluding carboxylic acids is 1. The zero-order valence-electron chi connectivity index (χ0n) is 12.0. The van der Waals surface area contributed by atoms with E-state index in [4.69, 9.17) is 11.6 Å². The number of hydrogen-bond acceptors (Lipinski definition) is 2. The number of aryl methyl sites for hydroxylation is 2. The first-order valence-electron chi connectivity index (χ1n) is 6.37. The molecule has 112 valence electrons. The van der Waals surface area contributed by atoms with Gasteiger partial charge in [0.25, 0.3) is 0 Å². The van der Waals surface area contributed by atoms with E-state index in [0.717, 1.165) is 17.0 Å². The predicted octanol–water partition coefficient (Wildman–Crippen LogP) is 3.15. The summed E-state index contributed by atoms with van der Waals surface area (Å²) in [5, 5.41) is 9.58. The summed E-state index contributed by atoms with van der Waals surface area (Å²) in [6, 6.07) is 3.62. The summed E-state index contributed by atoms with van der Waals surface area (Å²) in [5.41, 5.74) is 3.28. The molecule has 0 aliphatic rings. The van der Waals surface area contributed by atoms with E-state index in [1.54, 1.807) is 4.68 Å². The molecule has 21 heavy (non-hydrogen) atoms. The molecule has 0 fully saturated rings. The molecule has 0 saturated heterocycles. The van der Waals surface area contributed by atoms with Crippen LogP contribution in [0.25, 0.3) is 0 Å². The van der Waals surface area contributed by atoms with Gasteiger partial charge in [-0.15, -0.1) is 0 Å². The largest absolute Gasteiger partial charge is 0.334 e. The minimum Gasteiger partial charge on any atom is -0.334 e. The van der Waals surface area contributed by atoms with Gasteiger partial charge in [0.1, 0.15) is 5.82 Å². The molecule has 5 nitrogen and oxygen atoms in total. The van der Waals surface area contributed by atoms with Gasteiger partial charge in [-0.25, -0.2) is 9.18 Å². The fourth-order valence-corrected chi connectivity index (χ4v) is 2.17. The first kappa shape index (κ1) is 15.3. The lowest BCUT2D eigenvalue weighted by Gasteiger charge is -2.08. The van der Waals surface area contributed by atoms with Gasteiger partial charge in [0.05, 0.1) is 10.7 Å². The molecular formula is C14H16ClFN4O. The van der Waals surface area contributed by atoms with Crippen LogP contribution in [0.2, 0.25) is 5.02 Å². The Morgan fingerprint density at radius 2 is 2.14 bits per heavy atom. The predicted molar refractivity (Wildman–Crippen MR) is 80.0 cm³/mol. The quantitative estimate of drug-likeness (QED) is 0.915. The van der Waals surface area contributed by atoms with Crippen LogP contribution in [0.3, 0.4) is 0 Å². The molecule has 0 aliphatic carbocycles. The number of nitrogens with one attached hydrogen (secondary N) is 2. The molecular weight excluding hydrogens is 295 g/mol. The van der Waals surface area contributed by atoms with Crippen molar-refractivity contribution in [3.05, 3.63) is 46.0 Å². The fraction of sp³-hybridized carbons (Fsp3) is 0.286. The van der Waals surface area contributed by atoms with E-state index in [0.29, 0.717) is 12.2 Å². The molecule has 1 heterocycles. The Kier molecular flexibility index (Phi) is 4.47. The lowest BCUT2D eigenvalue weighted by Crippen LogP contribution is -2.28. The van der Waals surface area contributed by atoms with Crippen LogP contribution in [0.15, 0.2) is 18.2 Å². The summed E-state index contributed by atoms with van der Waals surface area (Å²) in [6.45, 7) is 4.20. The van der Waals surface area contributed by atoms with Crippen molar-refractivity contribution in [1.29, 1.82) is 0 Å². The Morgan fingerprint density at radius 1 is 1.43 bits per heavy atom. The molecule has 2 amide bonds. The maximum Gasteiger partial charge on any atom is 0.319 e. The maximum atomic E-state index is 13.0. The Balaban J connectivity index is 1.97. The second kappa shape index (κ2) is 6.13. The van der Waals surface area contributed by atoms with Crippen molar-refractivity contribution in [3.63, 3.8) is 0 Å². The molecule has 0 spiro atoms. The Morgan fingerprint density at radius 3 is 2.71 bits per heavy atom. The number of benzene rings is 1. The van der Waals surface area contributed by atoms with Crippen LogP contribution >= 0.6 is 11.6 Å². The molecule has 0 unspecified atom stereocenters. The van der Waals surface area contributed by atoms with Crippen molar-refractivity contribution in [3.8, 4) is 0 Å². The number of amides is 2. The Bertz CT molecular complexity index is 684. The highest BCUT2D eigenvalue weighted by Crippen LogP contribution is 2.19. The van der Waals surface area contributed by atoms with E-state index in [-0.39, 0.29) is 11.1 Å². The molecule has 7 heteroatoms. The number of rotatable bonds is 3. The molecule has 0 saturated carbocycles. The molecule has 1 aromatic carbocycles. The smallest absolute Gasteiger partial charge is 0.319 e. The molecule has 0 aliphatic heterocycles. The molecule has 0 radical (unpaired) electrons. The average molecular weight is 311 g/mol. The Hall–Kier alpha value is -2.08. The van der Waals surface area contributed by atoms with Crippen LogP contribution in [-0.4, -0.2) is 15.8 Å². The van der Waals surface area contributed by atoms with Gasteiger partial charge in [0.2, 0.25) is 0 Å². The molecule has 2 aromatic rings. The van der Waals surface area contributed by atoms with Crippen molar-refractivity contribution >= 4 is 23.3 Å². The summed E-state index contributed by atoms with van der Waals surface area (Å²) in [7, 11) is 1.85. The van der Waals surface area contributed by atoms with Crippen molar-refractivity contribution < 1.29 is 9.18 Å². The first-order valence-corrected chi connectivity index (χ1v) is 6.75. The second-order valence-electron chi connectivity index (χ2n) is 4.71. The highest BCUT2D eigenvalue weighted by Gasteiger charge is 2.11. The van der Waals surface area contributed by atoms with Gasteiger partial charge in [-0.3, -0.25) is 4.68 Å². The van der Waals surface area contributed by atoms with Crippen molar-refractivity contribution in [2.24, 2.45) is 7.05 Å². The maximum absolute atomic E-state index is 13.0. The summed E-state index contributed by atoms with van der Waals surface area (Å²) in [5.74, 6) is -0.524. The summed E-state index contributed by atoms with van der Waals surface area (Å²) in [6.07, 6.45) is 0. The third-order valence-electron chi connectivity index (χ3n) is 3.26. The van der Waals surface area contributed by atoms with Gasteiger partial charge < -0.3 is 10.6 Å². The number of carbonyl (C=O) groups is 1. The van der Waals surface area contributed by atoms with Crippen LogP contribution in [0.1, 0.15) is 17.0 Å². The number of urea groups is 1. The third kappa shape index (κ3) is 3.52. The summed E-state index contributed by atoms with van der Waals surface area (Å²) < 4.78 is 14.8. The Labute approximate surface area is 127 Å².